The number of para-hydroxylation sites is 2. The standard InChI is InChI=1S/C23H16FN5O6/c24-16-6-2-4-8-18(16)26-21(30)13-35-20-10-9-14(11-19(20)29(33)34)12-25-28-22(31)15-5-1-3-7-17(15)27-23(28)32/h1-12H,13H2,(H,26,30)(H,27,32). The maximum Gasteiger partial charge on any atom is 0.349 e. The number of aromatic amines is 1. The molecule has 0 aliphatic heterocycles. The van der Waals surface area contributed by atoms with Crippen LogP contribution in [0.5, 0.6) is 5.75 Å². The topological polar surface area (TPSA) is 149 Å². The first-order valence-electron chi connectivity index (χ1n) is 10.1. The van der Waals surface area contributed by atoms with E-state index in [1.807, 2.05) is 0 Å². The number of H-pyrrole nitrogens is 1. The molecule has 1 heterocycles. The summed E-state index contributed by atoms with van der Waals surface area (Å²) in [5.74, 6) is -1.57. The maximum atomic E-state index is 13.6. The largest absolute Gasteiger partial charge is 0.477 e. The van der Waals surface area contributed by atoms with Crippen LogP contribution in [0.15, 0.2) is 81.4 Å². The number of nitro benzene ring substituents is 1. The van der Waals surface area contributed by atoms with Crippen molar-refractivity contribution in [3.05, 3.63) is 109 Å². The molecule has 4 aromatic rings. The molecule has 0 unspecified atom stereocenters. The highest BCUT2D eigenvalue weighted by Gasteiger charge is 2.17. The minimum Gasteiger partial charge on any atom is -0.477 e. The zero-order valence-corrected chi connectivity index (χ0v) is 17.8. The Kier molecular flexibility index (Phi) is 6.44. The van der Waals surface area contributed by atoms with E-state index >= 15 is 0 Å². The van der Waals surface area contributed by atoms with Gasteiger partial charge in [0.1, 0.15) is 5.82 Å². The third kappa shape index (κ3) is 5.11. The van der Waals surface area contributed by atoms with Crippen LogP contribution in [0.4, 0.5) is 15.8 Å². The lowest BCUT2D eigenvalue weighted by Crippen LogP contribution is -2.32. The van der Waals surface area contributed by atoms with Gasteiger partial charge >= 0.3 is 11.4 Å². The Hall–Kier alpha value is -5.13. The number of halogens is 1. The van der Waals surface area contributed by atoms with Crippen molar-refractivity contribution in [1.82, 2.24) is 9.66 Å². The van der Waals surface area contributed by atoms with Gasteiger partial charge in [-0.15, -0.1) is 4.68 Å². The van der Waals surface area contributed by atoms with Crippen molar-refractivity contribution in [2.75, 3.05) is 11.9 Å². The second kappa shape index (κ2) is 9.79. The van der Waals surface area contributed by atoms with Gasteiger partial charge in [0.2, 0.25) is 0 Å². The van der Waals surface area contributed by atoms with Crippen LogP contribution in [0.25, 0.3) is 10.9 Å². The quantitative estimate of drug-likeness (QED) is 0.237. The van der Waals surface area contributed by atoms with E-state index in [2.05, 4.69) is 15.4 Å². The van der Waals surface area contributed by atoms with Crippen LogP contribution in [-0.2, 0) is 4.79 Å². The Labute approximate surface area is 195 Å². The first-order valence-corrected chi connectivity index (χ1v) is 10.1. The van der Waals surface area contributed by atoms with Crippen LogP contribution in [0.2, 0.25) is 0 Å². The van der Waals surface area contributed by atoms with E-state index in [-0.39, 0.29) is 22.4 Å². The van der Waals surface area contributed by atoms with Crippen LogP contribution in [0.1, 0.15) is 5.56 Å². The zero-order chi connectivity index (χ0) is 24.9. The van der Waals surface area contributed by atoms with E-state index in [4.69, 9.17) is 4.74 Å². The molecule has 3 aromatic carbocycles. The van der Waals surface area contributed by atoms with Gasteiger partial charge in [-0.05, 0) is 36.4 Å². The molecule has 0 radical (unpaired) electrons. The molecule has 2 N–H and O–H groups in total. The fourth-order valence-electron chi connectivity index (χ4n) is 3.15. The summed E-state index contributed by atoms with van der Waals surface area (Å²) in [5, 5.41) is 17.9. The Morgan fingerprint density at radius 3 is 2.66 bits per heavy atom. The Morgan fingerprint density at radius 1 is 1.14 bits per heavy atom. The lowest BCUT2D eigenvalue weighted by Gasteiger charge is -2.09. The van der Waals surface area contributed by atoms with E-state index < -0.39 is 40.2 Å². The van der Waals surface area contributed by atoms with E-state index in [0.717, 1.165) is 12.3 Å². The number of benzene rings is 3. The molecule has 0 spiro atoms. The van der Waals surface area contributed by atoms with Crippen molar-refractivity contribution < 1.29 is 18.8 Å². The minimum absolute atomic E-state index is 0.0546. The highest BCUT2D eigenvalue weighted by atomic mass is 19.1. The number of aromatic nitrogens is 2. The fourth-order valence-corrected chi connectivity index (χ4v) is 3.15. The molecule has 0 saturated carbocycles. The van der Waals surface area contributed by atoms with Crippen LogP contribution in [0, 0.1) is 15.9 Å². The van der Waals surface area contributed by atoms with E-state index in [1.165, 1.54) is 42.5 Å². The number of hydrogen-bond donors (Lipinski definition) is 2. The normalized spacial score (nSPS) is 11.0. The molecule has 0 atom stereocenters. The van der Waals surface area contributed by atoms with Gasteiger partial charge < -0.3 is 15.0 Å². The lowest BCUT2D eigenvalue weighted by atomic mass is 10.2. The molecule has 0 saturated heterocycles. The Morgan fingerprint density at radius 2 is 1.89 bits per heavy atom. The minimum atomic E-state index is -0.778. The van der Waals surface area contributed by atoms with Crippen LogP contribution < -0.4 is 21.3 Å². The molecule has 0 aliphatic carbocycles. The summed E-state index contributed by atoms with van der Waals surface area (Å²) >= 11 is 0. The van der Waals surface area contributed by atoms with Crippen LogP contribution >= 0.6 is 0 Å². The number of nitro groups is 1. The van der Waals surface area contributed by atoms with E-state index in [9.17, 15) is 28.9 Å². The summed E-state index contributed by atoms with van der Waals surface area (Å²) in [4.78, 5) is 50.1. The number of carbonyl (C=O) groups excluding carboxylic acids is 1. The first-order chi connectivity index (χ1) is 16.8. The van der Waals surface area contributed by atoms with Crippen molar-refractivity contribution in [2.45, 2.75) is 0 Å². The van der Waals surface area contributed by atoms with Gasteiger partial charge in [-0.1, -0.05) is 24.3 Å². The summed E-state index contributed by atoms with van der Waals surface area (Å²) in [6, 6.07) is 15.7. The summed E-state index contributed by atoms with van der Waals surface area (Å²) in [6.07, 6.45) is 1.10. The van der Waals surface area contributed by atoms with Crippen molar-refractivity contribution in [3.63, 3.8) is 0 Å². The van der Waals surface area contributed by atoms with Crippen molar-refractivity contribution in [2.24, 2.45) is 5.10 Å². The molecule has 4 rings (SSSR count). The molecule has 35 heavy (non-hydrogen) atoms. The van der Waals surface area contributed by atoms with Gasteiger partial charge in [-0.3, -0.25) is 19.7 Å². The number of carbonyl (C=O) groups is 1. The molecule has 0 fully saturated rings. The molecule has 1 aromatic heterocycles. The Balaban J connectivity index is 1.53. The molecule has 1 amide bonds. The summed E-state index contributed by atoms with van der Waals surface area (Å²) in [6.45, 7) is -0.607. The number of hydrogen-bond acceptors (Lipinski definition) is 7. The number of anilines is 1. The second-order valence-electron chi connectivity index (χ2n) is 7.14. The monoisotopic (exact) mass is 477 g/mol. The highest BCUT2D eigenvalue weighted by Crippen LogP contribution is 2.27. The number of ether oxygens (including phenoxy) is 1. The maximum absolute atomic E-state index is 13.6. The highest BCUT2D eigenvalue weighted by molar-refractivity contribution is 5.92. The van der Waals surface area contributed by atoms with Crippen molar-refractivity contribution >= 4 is 34.4 Å². The molecular weight excluding hydrogens is 461 g/mol. The van der Waals surface area contributed by atoms with Gasteiger partial charge in [-0.25, -0.2) is 9.18 Å². The molecular formula is C23H16FN5O6. The number of amides is 1. The number of rotatable bonds is 7. The van der Waals surface area contributed by atoms with Crippen molar-refractivity contribution in [3.8, 4) is 5.75 Å². The third-order valence-electron chi connectivity index (χ3n) is 4.79. The number of nitrogens with zero attached hydrogens (tertiary/aromatic N) is 3. The predicted octanol–water partition coefficient (Wildman–Crippen LogP) is 2.64. The average molecular weight is 477 g/mol. The van der Waals surface area contributed by atoms with Crippen LogP contribution in [-0.4, -0.2) is 33.3 Å². The second-order valence-corrected chi connectivity index (χ2v) is 7.14. The first kappa shape index (κ1) is 23.0. The van der Waals surface area contributed by atoms with Gasteiger partial charge in [0.05, 0.1) is 27.7 Å². The van der Waals surface area contributed by atoms with E-state index in [1.54, 1.807) is 18.2 Å². The van der Waals surface area contributed by atoms with Gasteiger partial charge in [0.25, 0.3) is 11.5 Å². The summed E-state index contributed by atoms with van der Waals surface area (Å²) in [5.41, 5.74) is -1.42. The fraction of sp³-hybridized carbons (Fsp3) is 0.0435. The third-order valence-corrected chi connectivity index (χ3v) is 4.79. The Bertz CT molecular complexity index is 1590. The molecule has 176 valence electrons. The SMILES string of the molecule is O=C(COc1ccc(C=Nn2c(=O)[nH]c3ccccc3c2=O)cc1[N+](=O)[O-])Nc1ccccc1F. The summed E-state index contributed by atoms with van der Waals surface area (Å²) < 4.78 is 19.5. The summed E-state index contributed by atoms with van der Waals surface area (Å²) in [7, 11) is 0. The molecule has 0 bridgehead atoms. The zero-order valence-electron chi connectivity index (χ0n) is 17.8. The van der Waals surface area contributed by atoms with E-state index in [0.29, 0.717) is 10.2 Å². The van der Waals surface area contributed by atoms with Crippen LogP contribution in [0.3, 0.4) is 0 Å². The lowest BCUT2D eigenvalue weighted by molar-refractivity contribution is -0.385. The van der Waals surface area contributed by atoms with Gasteiger partial charge in [0.15, 0.2) is 12.4 Å². The van der Waals surface area contributed by atoms with Gasteiger partial charge in [-0.2, -0.15) is 5.10 Å². The average Bonchev–Trinajstić information content (AvgIpc) is 2.84. The number of fused-ring (bicyclic) bond motifs is 1. The molecule has 11 nitrogen and oxygen atoms in total. The predicted molar refractivity (Wildman–Crippen MR) is 125 cm³/mol. The smallest absolute Gasteiger partial charge is 0.349 e. The number of nitrogens with one attached hydrogen (secondary N) is 2. The van der Waals surface area contributed by atoms with Crippen molar-refractivity contribution in [1.29, 1.82) is 0 Å². The molecule has 12 heteroatoms. The van der Waals surface area contributed by atoms with Gasteiger partial charge in [0, 0.05) is 11.6 Å². The molecule has 0 aliphatic rings.